The van der Waals surface area contributed by atoms with Crippen molar-refractivity contribution in [2.75, 3.05) is 11.9 Å². The van der Waals surface area contributed by atoms with E-state index in [2.05, 4.69) is 34.1 Å². The minimum absolute atomic E-state index is 0.746. The first-order valence-corrected chi connectivity index (χ1v) is 6.25. The number of nitrogens with zero attached hydrogens (tertiary/aromatic N) is 3. The minimum atomic E-state index is 0.746. The summed E-state index contributed by atoms with van der Waals surface area (Å²) in [7, 11) is 0. The first-order valence-electron chi connectivity index (χ1n) is 6.25. The lowest BCUT2D eigenvalue weighted by atomic mass is 10.1. The SMILES string of the molecule is CCCNc1ncnc(Cc2ccccn2)c1C. The van der Waals surface area contributed by atoms with E-state index in [0.717, 1.165) is 42.2 Å². The molecule has 1 N–H and O–H groups in total. The third-order valence-electron chi connectivity index (χ3n) is 2.81. The van der Waals surface area contributed by atoms with Crippen molar-refractivity contribution in [2.24, 2.45) is 0 Å². The van der Waals surface area contributed by atoms with Crippen molar-refractivity contribution >= 4 is 5.82 Å². The molecule has 0 saturated carbocycles. The molecule has 2 heterocycles. The normalized spacial score (nSPS) is 10.3. The van der Waals surface area contributed by atoms with Crippen LogP contribution in [0.2, 0.25) is 0 Å². The van der Waals surface area contributed by atoms with Gasteiger partial charge in [-0.15, -0.1) is 0 Å². The monoisotopic (exact) mass is 242 g/mol. The largest absolute Gasteiger partial charge is 0.370 e. The van der Waals surface area contributed by atoms with Crippen molar-refractivity contribution < 1.29 is 0 Å². The van der Waals surface area contributed by atoms with Gasteiger partial charge < -0.3 is 5.32 Å². The van der Waals surface area contributed by atoms with Crippen LogP contribution in [0.5, 0.6) is 0 Å². The Kier molecular flexibility index (Phi) is 4.23. The molecule has 0 unspecified atom stereocenters. The molecule has 0 aromatic carbocycles. The lowest BCUT2D eigenvalue weighted by molar-refractivity contribution is 0.931. The maximum absolute atomic E-state index is 4.35. The third kappa shape index (κ3) is 3.03. The van der Waals surface area contributed by atoms with Crippen LogP contribution in [0.15, 0.2) is 30.7 Å². The zero-order chi connectivity index (χ0) is 12.8. The fourth-order valence-corrected chi connectivity index (χ4v) is 1.76. The van der Waals surface area contributed by atoms with E-state index in [4.69, 9.17) is 0 Å². The van der Waals surface area contributed by atoms with E-state index >= 15 is 0 Å². The van der Waals surface area contributed by atoms with Crippen molar-refractivity contribution in [2.45, 2.75) is 26.7 Å². The Labute approximate surface area is 108 Å². The maximum atomic E-state index is 4.35. The van der Waals surface area contributed by atoms with E-state index in [-0.39, 0.29) is 0 Å². The fourth-order valence-electron chi connectivity index (χ4n) is 1.76. The predicted molar refractivity (Wildman–Crippen MR) is 72.6 cm³/mol. The molecule has 0 aliphatic carbocycles. The highest BCUT2D eigenvalue weighted by molar-refractivity contribution is 5.45. The van der Waals surface area contributed by atoms with Gasteiger partial charge >= 0.3 is 0 Å². The van der Waals surface area contributed by atoms with Gasteiger partial charge in [-0.25, -0.2) is 9.97 Å². The number of anilines is 1. The second-order valence-corrected chi connectivity index (χ2v) is 4.22. The molecule has 0 spiro atoms. The Bertz CT molecular complexity index is 496. The lowest BCUT2D eigenvalue weighted by Crippen LogP contribution is -2.07. The molecule has 18 heavy (non-hydrogen) atoms. The maximum Gasteiger partial charge on any atom is 0.132 e. The van der Waals surface area contributed by atoms with Crippen molar-refractivity contribution in [3.8, 4) is 0 Å². The Balaban J connectivity index is 2.18. The van der Waals surface area contributed by atoms with Gasteiger partial charge in [-0.1, -0.05) is 13.0 Å². The van der Waals surface area contributed by atoms with Crippen LogP contribution in [0.1, 0.15) is 30.3 Å². The molecule has 2 aromatic heterocycles. The van der Waals surface area contributed by atoms with Gasteiger partial charge in [0.2, 0.25) is 0 Å². The van der Waals surface area contributed by atoms with Crippen molar-refractivity contribution in [3.05, 3.63) is 47.7 Å². The van der Waals surface area contributed by atoms with Crippen molar-refractivity contribution in [3.63, 3.8) is 0 Å². The van der Waals surface area contributed by atoms with Crippen LogP contribution in [-0.4, -0.2) is 21.5 Å². The van der Waals surface area contributed by atoms with Crippen LogP contribution < -0.4 is 5.32 Å². The average Bonchev–Trinajstić information content (AvgIpc) is 2.41. The van der Waals surface area contributed by atoms with Crippen LogP contribution >= 0.6 is 0 Å². The molecule has 4 heteroatoms. The zero-order valence-electron chi connectivity index (χ0n) is 10.8. The summed E-state index contributed by atoms with van der Waals surface area (Å²) in [6.07, 6.45) is 5.25. The van der Waals surface area contributed by atoms with E-state index in [1.54, 1.807) is 6.33 Å². The zero-order valence-corrected chi connectivity index (χ0v) is 10.8. The van der Waals surface area contributed by atoms with Crippen LogP contribution in [0, 0.1) is 6.92 Å². The van der Waals surface area contributed by atoms with Crippen LogP contribution in [0.3, 0.4) is 0 Å². The molecular weight excluding hydrogens is 224 g/mol. The lowest BCUT2D eigenvalue weighted by Gasteiger charge is -2.10. The first-order chi connectivity index (χ1) is 8.81. The topological polar surface area (TPSA) is 50.7 Å². The standard InChI is InChI=1S/C14H18N4/c1-3-7-16-14-11(2)13(17-10-18-14)9-12-6-4-5-8-15-12/h4-6,8,10H,3,7,9H2,1-2H3,(H,16,17,18). The van der Waals surface area contributed by atoms with E-state index in [1.165, 1.54) is 0 Å². The molecule has 0 bridgehead atoms. The van der Waals surface area contributed by atoms with Gasteiger partial charge in [0, 0.05) is 30.4 Å². The Morgan fingerprint density at radius 3 is 2.78 bits per heavy atom. The highest BCUT2D eigenvalue weighted by atomic mass is 15.0. The van der Waals surface area contributed by atoms with Gasteiger partial charge in [-0.05, 0) is 25.5 Å². The quantitative estimate of drug-likeness (QED) is 0.875. The average molecular weight is 242 g/mol. The smallest absolute Gasteiger partial charge is 0.132 e. The molecule has 94 valence electrons. The number of nitrogens with one attached hydrogen (secondary N) is 1. The number of hydrogen-bond acceptors (Lipinski definition) is 4. The summed E-state index contributed by atoms with van der Waals surface area (Å²) in [6.45, 7) is 5.12. The molecule has 0 atom stereocenters. The van der Waals surface area contributed by atoms with E-state index in [0.29, 0.717) is 0 Å². The number of pyridine rings is 1. The van der Waals surface area contributed by atoms with Crippen LogP contribution in [0.25, 0.3) is 0 Å². The molecule has 2 aromatic rings. The van der Waals surface area contributed by atoms with E-state index < -0.39 is 0 Å². The van der Waals surface area contributed by atoms with Gasteiger partial charge in [-0.2, -0.15) is 0 Å². The Morgan fingerprint density at radius 1 is 1.17 bits per heavy atom. The van der Waals surface area contributed by atoms with Gasteiger partial charge in [0.05, 0.1) is 5.69 Å². The highest BCUT2D eigenvalue weighted by Gasteiger charge is 2.07. The van der Waals surface area contributed by atoms with Gasteiger partial charge in [0.1, 0.15) is 12.1 Å². The van der Waals surface area contributed by atoms with Gasteiger partial charge in [0.15, 0.2) is 0 Å². The predicted octanol–water partition coefficient (Wildman–Crippen LogP) is 2.59. The molecule has 2 rings (SSSR count). The Hall–Kier alpha value is -1.97. The first kappa shape index (κ1) is 12.5. The van der Waals surface area contributed by atoms with Crippen LogP contribution in [-0.2, 0) is 6.42 Å². The number of hydrogen-bond donors (Lipinski definition) is 1. The molecule has 0 saturated heterocycles. The molecular formula is C14H18N4. The van der Waals surface area contributed by atoms with Crippen molar-refractivity contribution in [1.82, 2.24) is 15.0 Å². The highest BCUT2D eigenvalue weighted by Crippen LogP contribution is 2.16. The second-order valence-electron chi connectivity index (χ2n) is 4.22. The summed E-state index contributed by atoms with van der Waals surface area (Å²) in [5, 5.41) is 3.32. The van der Waals surface area contributed by atoms with E-state index in [1.807, 2.05) is 24.4 Å². The Morgan fingerprint density at radius 2 is 2.06 bits per heavy atom. The van der Waals surface area contributed by atoms with Gasteiger partial charge in [-0.3, -0.25) is 4.98 Å². The summed E-state index contributed by atoms with van der Waals surface area (Å²) in [5.74, 6) is 0.929. The number of aromatic nitrogens is 3. The molecule has 4 nitrogen and oxygen atoms in total. The summed E-state index contributed by atoms with van der Waals surface area (Å²) in [5.41, 5.74) is 3.17. The molecule has 0 aliphatic heterocycles. The second kappa shape index (κ2) is 6.10. The number of rotatable bonds is 5. The molecule has 0 amide bonds. The van der Waals surface area contributed by atoms with Crippen LogP contribution in [0.4, 0.5) is 5.82 Å². The summed E-state index contributed by atoms with van der Waals surface area (Å²) in [6, 6.07) is 5.93. The third-order valence-corrected chi connectivity index (χ3v) is 2.81. The summed E-state index contributed by atoms with van der Waals surface area (Å²) in [4.78, 5) is 13.0. The summed E-state index contributed by atoms with van der Waals surface area (Å²) < 4.78 is 0. The van der Waals surface area contributed by atoms with E-state index in [9.17, 15) is 0 Å². The van der Waals surface area contributed by atoms with Gasteiger partial charge in [0.25, 0.3) is 0 Å². The van der Waals surface area contributed by atoms with Crippen molar-refractivity contribution in [1.29, 1.82) is 0 Å². The molecule has 0 fully saturated rings. The summed E-state index contributed by atoms with van der Waals surface area (Å²) >= 11 is 0. The fraction of sp³-hybridized carbons (Fsp3) is 0.357. The minimum Gasteiger partial charge on any atom is -0.370 e. The molecule has 0 aliphatic rings. The molecule has 0 radical (unpaired) electrons.